The molecular formula is C23H29BrN4O3. The van der Waals surface area contributed by atoms with Gasteiger partial charge in [0, 0.05) is 11.0 Å². The number of carbonyl (C=O) groups excluding carboxylic acids is 2. The van der Waals surface area contributed by atoms with Crippen molar-refractivity contribution in [2.45, 2.75) is 52.3 Å². The van der Waals surface area contributed by atoms with Crippen LogP contribution in [-0.4, -0.2) is 45.1 Å². The molecule has 0 spiro atoms. The number of benzene rings is 1. The van der Waals surface area contributed by atoms with Crippen molar-refractivity contribution in [2.24, 2.45) is 5.92 Å². The maximum atomic E-state index is 13.4. The van der Waals surface area contributed by atoms with Gasteiger partial charge in [0.1, 0.15) is 23.5 Å². The lowest BCUT2D eigenvalue weighted by Crippen LogP contribution is -2.52. The number of alkyl carbamates (subject to hydrolysis) is 1. The second kappa shape index (κ2) is 9.26. The summed E-state index contributed by atoms with van der Waals surface area (Å²) in [7, 11) is 0. The van der Waals surface area contributed by atoms with E-state index in [0.717, 1.165) is 15.7 Å². The quantitative estimate of drug-likeness (QED) is 0.590. The molecule has 0 aliphatic carbocycles. The fraction of sp³-hybridized carbons (Fsp3) is 0.435. The zero-order chi connectivity index (χ0) is 22.8. The first-order chi connectivity index (χ1) is 14.5. The van der Waals surface area contributed by atoms with E-state index in [4.69, 9.17) is 4.74 Å². The first-order valence-electron chi connectivity index (χ1n) is 10.3. The standard InChI is InChI=1S/C23H29BrN4O3/c1-14(2)19(27-22(30)31-23(3,4)5)21(29)28-12-6-7-18(28)20-25-13-17(26-20)15-8-10-16(24)11-9-15/h6-11,13-14,18-19H,12H2,1-5H3,(H,25,26)(H,27,30). The summed E-state index contributed by atoms with van der Waals surface area (Å²) in [5, 5.41) is 2.74. The monoisotopic (exact) mass is 488 g/mol. The maximum absolute atomic E-state index is 13.4. The number of H-pyrrole nitrogens is 1. The number of hydrogen-bond donors (Lipinski definition) is 2. The van der Waals surface area contributed by atoms with Gasteiger partial charge in [0.2, 0.25) is 5.91 Å². The number of carbonyl (C=O) groups is 2. The van der Waals surface area contributed by atoms with Crippen molar-refractivity contribution >= 4 is 27.9 Å². The summed E-state index contributed by atoms with van der Waals surface area (Å²) in [4.78, 5) is 35.2. The SMILES string of the molecule is CC(C)C(NC(=O)OC(C)(C)C)C(=O)N1CC=CC1c1ncc(-c2ccc(Br)cc2)[nH]1. The smallest absolute Gasteiger partial charge is 0.408 e. The average molecular weight is 489 g/mol. The molecule has 7 nitrogen and oxygen atoms in total. The molecule has 2 N–H and O–H groups in total. The van der Waals surface area contributed by atoms with Crippen LogP contribution in [0.5, 0.6) is 0 Å². The molecule has 2 heterocycles. The lowest BCUT2D eigenvalue weighted by molar-refractivity contribution is -0.135. The van der Waals surface area contributed by atoms with E-state index >= 15 is 0 Å². The predicted octanol–water partition coefficient (Wildman–Crippen LogP) is 4.83. The zero-order valence-electron chi connectivity index (χ0n) is 18.5. The Morgan fingerprint density at radius 2 is 1.94 bits per heavy atom. The number of nitrogens with one attached hydrogen (secondary N) is 2. The number of imidazole rings is 1. The molecule has 3 rings (SSSR count). The van der Waals surface area contributed by atoms with E-state index in [-0.39, 0.29) is 17.9 Å². The fourth-order valence-electron chi connectivity index (χ4n) is 3.38. The Labute approximate surface area is 191 Å². The molecule has 0 saturated heterocycles. The van der Waals surface area contributed by atoms with Crippen molar-refractivity contribution in [2.75, 3.05) is 6.54 Å². The molecule has 0 radical (unpaired) electrons. The summed E-state index contributed by atoms with van der Waals surface area (Å²) in [6.45, 7) is 9.63. The third-order valence-corrected chi connectivity index (χ3v) is 5.40. The van der Waals surface area contributed by atoms with Gasteiger partial charge in [-0.25, -0.2) is 9.78 Å². The normalized spacial score (nSPS) is 17.1. The number of halogens is 1. The Hall–Kier alpha value is -2.61. The van der Waals surface area contributed by atoms with Gasteiger partial charge in [-0.05, 0) is 44.4 Å². The first-order valence-corrected chi connectivity index (χ1v) is 11.1. The first kappa shape index (κ1) is 23.1. The van der Waals surface area contributed by atoms with Gasteiger partial charge in [-0.1, -0.05) is 54.1 Å². The third kappa shape index (κ3) is 5.76. The number of rotatable bonds is 5. The molecule has 31 heavy (non-hydrogen) atoms. The number of nitrogens with zero attached hydrogens (tertiary/aromatic N) is 2. The summed E-state index contributed by atoms with van der Waals surface area (Å²) in [5.41, 5.74) is 1.25. The van der Waals surface area contributed by atoms with Gasteiger partial charge in [-0.2, -0.15) is 0 Å². The Bertz CT molecular complexity index is 960. The Balaban J connectivity index is 1.76. The fourth-order valence-corrected chi connectivity index (χ4v) is 3.64. The summed E-state index contributed by atoms with van der Waals surface area (Å²) in [6, 6.07) is 6.91. The predicted molar refractivity (Wildman–Crippen MR) is 123 cm³/mol. The minimum Gasteiger partial charge on any atom is -0.444 e. The lowest BCUT2D eigenvalue weighted by Gasteiger charge is -2.31. The van der Waals surface area contributed by atoms with Gasteiger partial charge in [0.05, 0.1) is 11.9 Å². The second-order valence-corrected chi connectivity index (χ2v) is 9.84. The minimum absolute atomic E-state index is 0.101. The molecule has 1 aromatic carbocycles. The average Bonchev–Trinajstić information content (AvgIpc) is 3.33. The van der Waals surface area contributed by atoms with Gasteiger partial charge < -0.3 is 19.9 Å². The van der Waals surface area contributed by atoms with E-state index in [1.54, 1.807) is 31.9 Å². The van der Waals surface area contributed by atoms with E-state index in [1.807, 2.05) is 50.3 Å². The topological polar surface area (TPSA) is 87.3 Å². The molecular weight excluding hydrogens is 460 g/mol. The van der Waals surface area contributed by atoms with Gasteiger partial charge in [-0.15, -0.1) is 0 Å². The van der Waals surface area contributed by atoms with Crippen molar-refractivity contribution < 1.29 is 14.3 Å². The summed E-state index contributed by atoms with van der Waals surface area (Å²) in [5.74, 6) is 0.411. The van der Waals surface area contributed by atoms with Crippen LogP contribution in [0.1, 0.15) is 46.5 Å². The van der Waals surface area contributed by atoms with Crippen LogP contribution in [0, 0.1) is 5.92 Å². The van der Waals surface area contributed by atoms with Crippen LogP contribution < -0.4 is 5.32 Å². The lowest BCUT2D eigenvalue weighted by atomic mass is 10.0. The largest absolute Gasteiger partial charge is 0.444 e. The number of amides is 2. The Morgan fingerprint density at radius 3 is 2.55 bits per heavy atom. The highest BCUT2D eigenvalue weighted by Gasteiger charge is 2.35. The van der Waals surface area contributed by atoms with Gasteiger partial charge in [-0.3, -0.25) is 4.79 Å². The molecule has 8 heteroatoms. The highest BCUT2D eigenvalue weighted by atomic mass is 79.9. The van der Waals surface area contributed by atoms with Crippen molar-refractivity contribution in [3.05, 3.63) is 52.9 Å². The van der Waals surface area contributed by atoms with E-state index in [0.29, 0.717) is 12.4 Å². The number of ether oxygens (including phenoxy) is 1. The van der Waals surface area contributed by atoms with Crippen LogP contribution in [0.25, 0.3) is 11.3 Å². The van der Waals surface area contributed by atoms with Crippen LogP contribution in [0.15, 0.2) is 47.1 Å². The van der Waals surface area contributed by atoms with Crippen LogP contribution in [-0.2, 0) is 9.53 Å². The van der Waals surface area contributed by atoms with Gasteiger partial charge >= 0.3 is 6.09 Å². The highest BCUT2D eigenvalue weighted by molar-refractivity contribution is 9.10. The Kier molecular flexibility index (Phi) is 6.89. The molecule has 2 amide bonds. The van der Waals surface area contributed by atoms with E-state index in [1.165, 1.54) is 0 Å². The number of aromatic nitrogens is 2. The second-order valence-electron chi connectivity index (χ2n) is 8.92. The summed E-state index contributed by atoms with van der Waals surface area (Å²) >= 11 is 3.44. The van der Waals surface area contributed by atoms with Crippen molar-refractivity contribution in [1.29, 1.82) is 0 Å². The van der Waals surface area contributed by atoms with Gasteiger partial charge in [0.25, 0.3) is 0 Å². The summed E-state index contributed by atoms with van der Waals surface area (Å²) < 4.78 is 6.35. The van der Waals surface area contributed by atoms with Crippen LogP contribution in [0.4, 0.5) is 4.79 Å². The number of aromatic amines is 1. The van der Waals surface area contributed by atoms with E-state index in [2.05, 4.69) is 31.2 Å². The summed E-state index contributed by atoms with van der Waals surface area (Å²) in [6.07, 6.45) is 5.06. The molecule has 2 aromatic rings. The van der Waals surface area contributed by atoms with Crippen LogP contribution in [0.3, 0.4) is 0 Å². The molecule has 1 aliphatic heterocycles. The Morgan fingerprint density at radius 1 is 1.26 bits per heavy atom. The molecule has 2 unspecified atom stereocenters. The maximum Gasteiger partial charge on any atom is 0.408 e. The highest BCUT2D eigenvalue weighted by Crippen LogP contribution is 2.29. The molecule has 0 fully saturated rings. The molecule has 0 bridgehead atoms. The minimum atomic E-state index is -0.696. The number of hydrogen-bond acceptors (Lipinski definition) is 4. The van der Waals surface area contributed by atoms with E-state index < -0.39 is 17.7 Å². The molecule has 166 valence electrons. The van der Waals surface area contributed by atoms with Crippen molar-refractivity contribution in [1.82, 2.24) is 20.2 Å². The van der Waals surface area contributed by atoms with E-state index in [9.17, 15) is 9.59 Å². The van der Waals surface area contributed by atoms with Crippen LogP contribution in [0.2, 0.25) is 0 Å². The molecule has 0 saturated carbocycles. The van der Waals surface area contributed by atoms with Gasteiger partial charge in [0.15, 0.2) is 0 Å². The van der Waals surface area contributed by atoms with Crippen LogP contribution >= 0.6 is 15.9 Å². The molecule has 1 aromatic heterocycles. The van der Waals surface area contributed by atoms with Crippen molar-refractivity contribution in [3.8, 4) is 11.3 Å². The van der Waals surface area contributed by atoms with Crippen molar-refractivity contribution in [3.63, 3.8) is 0 Å². The third-order valence-electron chi connectivity index (χ3n) is 4.88. The molecule has 2 atom stereocenters. The zero-order valence-corrected chi connectivity index (χ0v) is 20.1. The molecule has 1 aliphatic rings.